The number of nitrogens with zero attached hydrogens (tertiary/aromatic N) is 2. The third kappa shape index (κ3) is 5.93. The Hall–Kier alpha value is -3.61. The van der Waals surface area contributed by atoms with E-state index in [1.807, 2.05) is 13.8 Å². The van der Waals surface area contributed by atoms with Gasteiger partial charge in [0.05, 0.1) is 6.04 Å². The number of carbonyl (C=O) groups is 3. The van der Waals surface area contributed by atoms with Gasteiger partial charge in [-0.25, -0.2) is 0 Å². The van der Waals surface area contributed by atoms with E-state index in [-0.39, 0.29) is 36.1 Å². The summed E-state index contributed by atoms with van der Waals surface area (Å²) >= 11 is 0. The molecule has 3 aliphatic rings. The summed E-state index contributed by atoms with van der Waals surface area (Å²) in [6.45, 7) is 3.70. The van der Waals surface area contributed by atoms with Gasteiger partial charge in [-0.05, 0) is 69.4 Å². The van der Waals surface area contributed by atoms with E-state index in [2.05, 4.69) is 21.0 Å². The molecule has 1 aliphatic heterocycles. The lowest BCUT2D eigenvalue weighted by molar-refractivity contribution is -0.205. The molecule has 13 heteroatoms. The maximum absolute atomic E-state index is 13.6. The van der Waals surface area contributed by atoms with Crippen LogP contribution in [0.15, 0.2) is 30.5 Å². The molecule has 1 aromatic heterocycles. The Labute approximate surface area is 228 Å². The number of aromatic nitrogens is 2. The smallest absolute Gasteiger partial charge is 0.423 e. The molecule has 4 N–H and O–H groups in total. The van der Waals surface area contributed by atoms with E-state index in [0.29, 0.717) is 28.8 Å². The molecule has 0 saturated heterocycles. The maximum atomic E-state index is 13.6. The number of benzene rings is 1. The number of halogens is 3. The molecule has 216 valence electrons. The standard InChI is InChI=1S/C27H32F3N5O5/c1-13(2)35-19(9-10-31-35)24(37)34-22(21(14-3-4-14)15-5-6-15)25(38)32-16-7-8-17-18(12-40-20(17)11-16)33-26(39)23(36)27(28,29)30/h7-11,13-15,18,21-23,36H,3-6,12H2,1-2H3,(H,32,38)(H,33,39)(H,34,37)/t18-,22+,23+/m1/s1. The van der Waals surface area contributed by atoms with E-state index in [1.165, 1.54) is 12.1 Å². The molecule has 2 saturated carbocycles. The first-order chi connectivity index (χ1) is 18.9. The van der Waals surface area contributed by atoms with E-state index in [1.54, 1.807) is 23.0 Å². The molecule has 0 radical (unpaired) electrons. The number of aliphatic hydroxyl groups is 1. The summed E-state index contributed by atoms with van der Waals surface area (Å²) in [6.07, 6.45) is -2.65. The zero-order chi connectivity index (χ0) is 28.8. The van der Waals surface area contributed by atoms with Crippen molar-refractivity contribution in [2.75, 3.05) is 11.9 Å². The van der Waals surface area contributed by atoms with Gasteiger partial charge in [0.15, 0.2) is 0 Å². The molecular formula is C27H32F3N5O5. The zero-order valence-corrected chi connectivity index (χ0v) is 22.1. The number of amides is 3. The van der Waals surface area contributed by atoms with E-state index in [4.69, 9.17) is 4.74 Å². The molecule has 2 aliphatic carbocycles. The van der Waals surface area contributed by atoms with Crippen LogP contribution in [0.25, 0.3) is 0 Å². The van der Waals surface area contributed by atoms with Crippen LogP contribution in [0.5, 0.6) is 5.75 Å². The minimum atomic E-state index is -5.08. The first-order valence-corrected chi connectivity index (χ1v) is 13.4. The van der Waals surface area contributed by atoms with Gasteiger partial charge >= 0.3 is 6.18 Å². The molecule has 10 nitrogen and oxygen atoms in total. The van der Waals surface area contributed by atoms with Crippen molar-refractivity contribution in [1.82, 2.24) is 20.4 Å². The topological polar surface area (TPSA) is 135 Å². The highest BCUT2D eigenvalue weighted by Crippen LogP contribution is 2.51. The molecule has 1 aromatic carbocycles. The zero-order valence-electron chi connectivity index (χ0n) is 22.1. The number of rotatable bonds is 10. The number of ether oxygens (including phenoxy) is 1. The van der Waals surface area contributed by atoms with Crippen LogP contribution >= 0.6 is 0 Å². The Morgan fingerprint density at radius 2 is 1.75 bits per heavy atom. The summed E-state index contributed by atoms with van der Waals surface area (Å²) in [5, 5.41) is 21.4. The number of carbonyl (C=O) groups excluding carboxylic acids is 3. The third-order valence-corrected chi connectivity index (χ3v) is 7.62. The number of nitrogens with one attached hydrogen (secondary N) is 3. The average molecular weight is 564 g/mol. The molecule has 2 aromatic rings. The van der Waals surface area contributed by atoms with Crippen LogP contribution in [0.1, 0.15) is 67.7 Å². The molecule has 2 fully saturated rings. The maximum Gasteiger partial charge on any atom is 0.423 e. The number of anilines is 1. The van der Waals surface area contributed by atoms with Crippen LogP contribution < -0.4 is 20.7 Å². The van der Waals surface area contributed by atoms with Crippen molar-refractivity contribution in [1.29, 1.82) is 0 Å². The summed E-state index contributed by atoms with van der Waals surface area (Å²) in [7, 11) is 0. The SMILES string of the molecule is CC(C)n1nccc1C(=O)N[C@H](C(=O)Nc1ccc2c(c1)OC[C@H]2NC(=O)[C@H](O)C(F)(F)F)C(C1CC1)C1CC1. The second kappa shape index (κ2) is 10.8. The Kier molecular flexibility index (Phi) is 7.51. The number of alkyl halides is 3. The second-order valence-electron chi connectivity index (χ2n) is 11.0. The van der Waals surface area contributed by atoms with Gasteiger partial charge in [0.1, 0.15) is 24.1 Å². The minimum Gasteiger partial charge on any atom is -0.491 e. The fourth-order valence-corrected chi connectivity index (χ4v) is 5.38. The highest BCUT2D eigenvalue weighted by atomic mass is 19.4. The average Bonchev–Trinajstić information content (AvgIpc) is 3.82. The Morgan fingerprint density at radius 1 is 1.07 bits per heavy atom. The molecule has 0 bridgehead atoms. The first kappa shape index (κ1) is 27.9. The molecular weight excluding hydrogens is 531 g/mol. The predicted octanol–water partition coefficient (Wildman–Crippen LogP) is 3.11. The third-order valence-electron chi connectivity index (χ3n) is 7.62. The first-order valence-electron chi connectivity index (χ1n) is 13.4. The normalized spacial score (nSPS) is 20.1. The predicted molar refractivity (Wildman–Crippen MR) is 136 cm³/mol. The number of fused-ring (bicyclic) bond motifs is 1. The van der Waals surface area contributed by atoms with Gasteiger partial charge in [-0.2, -0.15) is 18.3 Å². The number of aliphatic hydroxyl groups excluding tert-OH is 1. The second-order valence-corrected chi connectivity index (χ2v) is 11.0. The van der Waals surface area contributed by atoms with Gasteiger partial charge in [-0.1, -0.05) is 6.07 Å². The lowest BCUT2D eigenvalue weighted by Crippen LogP contribution is -2.50. The van der Waals surface area contributed by atoms with E-state index < -0.39 is 30.3 Å². The van der Waals surface area contributed by atoms with Crippen molar-refractivity contribution in [3.05, 3.63) is 41.7 Å². The van der Waals surface area contributed by atoms with Crippen LogP contribution in [0, 0.1) is 17.8 Å². The Morgan fingerprint density at radius 3 is 2.35 bits per heavy atom. The molecule has 5 rings (SSSR count). The number of hydrogen-bond acceptors (Lipinski definition) is 6. The quantitative estimate of drug-likeness (QED) is 0.351. The van der Waals surface area contributed by atoms with Crippen molar-refractivity contribution in [3.8, 4) is 5.75 Å². The van der Waals surface area contributed by atoms with E-state index in [9.17, 15) is 32.7 Å². The van der Waals surface area contributed by atoms with Gasteiger partial charge in [0.25, 0.3) is 11.8 Å². The largest absolute Gasteiger partial charge is 0.491 e. The van der Waals surface area contributed by atoms with E-state index >= 15 is 0 Å². The molecule has 2 heterocycles. The van der Waals surface area contributed by atoms with Crippen LogP contribution in [0.3, 0.4) is 0 Å². The summed E-state index contributed by atoms with van der Waals surface area (Å²) < 4.78 is 45.2. The number of hydrogen-bond donors (Lipinski definition) is 4. The fraction of sp³-hybridized carbons (Fsp3) is 0.556. The van der Waals surface area contributed by atoms with Crippen LogP contribution in [0.2, 0.25) is 0 Å². The van der Waals surface area contributed by atoms with Gasteiger partial charge in [0.2, 0.25) is 12.0 Å². The van der Waals surface area contributed by atoms with E-state index in [0.717, 1.165) is 25.7 Å². The molecule has 40 heavy (non-hydrogen) atoms. The van der Waals surface area contributed by atoms with Crippen molar-refractivity contribution in [2.45, 2.75) is 69.9 Å². The van der Waals surface area contributed by atoms with Crippen molar-refractivity contribution >= 4 is 23.4 Å². The Balaban J connectivity index is 1.31. The molecule has 0 spiro atoms. The van der Waals surface area contributed by atoms with Gasteiger partial charge < -0.3 is 25.8 Å². The van der Waals surface area contributed by atoms with Crippen molar-refractivity contribution in [3.63, 3.8) is 0 Å². The summed E-state index contributed by atoms with van der Waals surface area (Å²) in [6, 6.07) is 4.54. The van der Waals surface area contributed by atoms with Crippen LogP contribution in [-0.2, 0) is 9.59 Å². The molecule has 3 atom stereocenters. The lowest BCUT2D eigenvalue weighted by atomic mass is 9.88. The van der Waals surface area contributed by atoms with Gasteiger partial charge in [-0.3, -0.25) is 19.1 Å². The highest BCUT2D eigenvalue weighted by Gasteiger charge is 2.49. The summed E-state index contributed by atoms with van der Waals surface area (Å²) in [4.78, 5) is 38.7. The van der Waals surface area contributed by atoms with Crippen LogP contribution in [-0.4, -0.2) is 57.5 Å². The molecule has 0 unspecified atom stereocenters. The highest BCUT2D eigenvalue weighted by molar-refractivity contribution is 6.01. The Bertz CT molecular complexity index is 1280. The lowest BCUT2D eigenvalue weighted by Gasteiger charge is -2.28. The fourth-order valence-electron chi connectivity index (χ4n) is 5.38. The van der Waals surface area contributed by atoms with Crippen molar-refractivity contribution < 1.29 is 37.4 Å². The minimum absolute atomic E-state index is 0.00435. The van der Waals surface area contributed by atoms with Crippen molar-refractivity contribution in [2.24, 2.45) is 17.8 Å². The summed E-state index contributed by atoms with van der Waals surface area (Å²) in [5.74, 6) is -1.32. The summed E-state index contributed by atoms with van der Waals surface area (Å²) in [5.41, 5.74) is 1.16. The van der Waals surface area contributed by atoms with Gasteiger partial charge in [-0.15, -0.1) is 0 Å². The van der Waals surface area contributed by atoms with Gasteiger partial charge in [0, 0.05) is 29.6 Å². The van der Waals surface area contributed by atoms with Crippen LogP contribution in [0.4, 0.5) is 18.9 Å². The molecule has 3 amide bonds. The monoisotopic (exact) mass is 563 g/mol.